The van der Waals surface area contributed by atoms with Crippen molar-refractivity contribution < 1.29 is 27.1 Å². The quantitative estimate of drug-likeness (QED) is 0.670. The minimum absolute atomic E-state index is 0.0575. The summed E-state index contributed by atoms with van der Waals surface area (Å²) in [6.07, 6.45) is -4.84. The standard InChI is InChI=1S/C19H15F3O4/c1-10-14(25-3)9-8-13-16(23)15(11-4-6-12(24-2)7-5-11)18(19(20,21)22)26-17(10)13/h4-9H,1-3H3. The Balaban J connectivity index is 2.40. The number of halogens is 3. The van der Waals surface area contributed by atoms with Crippen molar-refractivity contribution in [3.05, 3.63) is 57.9 Å². The van der Waals surface area contributed by atoms with Crippen molar-refractivity contribution >= 4 is 11.0 Å². The van der Waals surface area contributed by atoms with Gasteiger partial charge in [0.25, 0.3) is 0 Å². The van der Waals surface area contributed by atoms with Crippen molar-refractivity contribution in [1.82, 2.24) is 0 Å². The van der Waals surface area contributed by atoms with E-state index in [0.717, 1.165) is 0 Å². The van der Waals surface area contributed by atoms with Gasteiger partial charge >= 0.3 is 6.18 Å². The second-order valence-corrected chi connectivity index (χ2v) is 5.63. The molecule has 0 aliphatic rings. The summed E-state index contributed by atoms with van der Waals surface area (Å²) in [7, 11) is 2.83. The Bertz CT molecular complexity index is 1020. The van der Waals surface area contributed by atoms with Gasteiger partial charge in [0, 0.05) is 5.56 Å². The number of alkyl halides is 3. The molecule has 3 rings (SSSR count). The molecule has 2 aromatic carbocycles. The molecule has 0 bridgehead atoms. The molecule has 0 spiro atoms. The summed E-state index contributed by atoms with van der Waals surface area (Å²) in [5, 5.41) is 0.0575. The van der Waals surface area contributed by atoms with E-state index in [9.17, 15) is 18.0 Å². The lowest BCUT2D eigenvalue weighted by molar-refractivity contribution is -0.152. The number of aryl methyl sites for hydroxylation is 1. The summed E-state index contributed by atoms with van der Waals surface area (Å²) in [5.74, 6) is -0.532. The molecular formula is C19H15F3O4. The van der Waals surface area contributed by atoms with E-state index < -0.39 is 22.9 Å². The van der Waals surface area contributed by atoms with Gasteiger partial charge in [-0.25, -0.2) is 0 Å². The molecule has 0 radical (unpaired) electrons. The van der Waals surface area contributed by atoms with Crippen molar-refractivity contribution in [2.75, 3.05) is 14.2 Å². The Morgan fingerprint density at radius 3 is 2.15 bits per heavy atom. The predicted molar refractivity (Wildman–Crippen MR) is 90.8 cm³/mol. The molecule has 136 valence electrons. The highest BCUT2D eigenvalue weighted by molar-refractivity contribution is 5.86. The van der Waals surface area contributed by atoms with Gasteiger partial charge in [-0.2, -0.15) is 13.2 Å². The van der Waals surface area contributed by atoms with Crippen LogP contribution in [-0.2, 0) is 6.18 Å². The highest BCUT2D eigenvalue weighted by Crippen LogP contribution is 2.39. The molecule has 0 fully saturated rings. The maximum Gasteiger partial charge on any atom is 0.450 e. The summed E-state index contributed by atoms with van der Waals surface area (Å²) in [4.78, 5) is 12.9. The van der Waals surface area contributed by atoms with Crippen LogP contribution in [0.1, 0.15) is 11.3 Å². The molecule has 0 atom stereocenters. The number of rotatable bonds is 3. The number of benzene rings is 2. The lowest BCUT2D eigenvalue weighted by atomic mass is 10.0. The second-order valence-electron chi connectivity index (χ2n) is 5.63. The third kappa shape index (κ3) is 2.89. The summed E-state index contributed by atoms with van der Waals surface area (Å²) < 4.78 is 56.1. The van der Waals surface area contributed by atoms with Crippen LogP contribution in [0, 0.1) is 6.92 Å². The fourth-order valence-electron chi connectivity index (χ4n) is 2.82. The first-order valence-electron chi connectivity index (χ1n) is 7.64. The zero-order chi connectivity index (χ0) is 19.1. The van der Waals surface area contributed by atoms with Crippen molar-refractivity contribution in [1.29, 1.82) is 0 Å². The largest absolute Gasteiger partial charge is 0.497 e. The van der Waals surface area contributed by atoms with Crippen molar-refractivity contribution in [2.24, 2.45) is 0 Å². The molecule has 1 heterocycles. The topological polar surface area (TPSA) is 48.7 Å². The smallest absolute Gasteiger partial charge is 0.450 e. The third-order valence-electron chi connectivity index (χ3n) is 4.12. The maximum atomic E-state index is 13.6. The van der Waals surface area contributed by atoms with Gasteiger partial charge in [-0.15, -0.1) is 0 Å². The van der Waals surface area contributed by atoms with Crippen LogP contribution in [-0.4, -0.2) is 14.2 Å². The summed E-state index contributed by atoms with van der Waals surface area (Å²) in [6, 6.07) is 8.68. The maximum absolute atomic E-state index is 13.6. The van der Waals surface area contributed by atoms with Crippen LogP contribution >= 0.6 is 0 Å². The van der Waals surface area contributed by atoms with Gasteiger partial charge in [0.15, 0.2) is 0 Å². The number of hydrogen-bond acceptors (Lipinski definition) is 4. The Kier molecular flexibility index (Phi) is 4.39. The molecule has 0 unspecified atom stereocenters. The average molecular weight is 364 g/mol. The first kappa shape index (κ1) is 17.8. The summed E-state index contributed by atoms with van der Waals surface area (Å²) >= 11 is 0. The van der Waals surface area contributed by atoms with Crippen molar-refractivity contribution in [3.63, 3.8) is 0 Å². The van der Waals surface area contributed by atoms with Gasteiger partial charge in [0.1, 0.15) is 17.1 Å². The molecule has 0 aliphatic carbocycles. The Morgan fingerprint density at radius 1 is 0.962 bits per heavy atom. The zero-order valence-electron chi connectivity index (χ0n) is 14.2. The van der Waals surface area contributed by atoms with E-state index in [1.54, 1.807) is 0 Å². The monoisotopic (exact) mass is 364 g/mol. The van der Waals surface area contributed by atoms with E-state index in [0.29, 0.717) is 17.1 Å². The highest BCUT2D eigenvalue weighted by Gasteiger charge is 2.39. The minimum atomic E-state index is -4.84. The van der Waals surface area contributed by atoms with Gasteiger partial charge in [0.05, 0.1) is 25.2 Å². The Labute approximate surface area is 146 Å². The summed E-state index contributed by atoms with van der Waals surface area (Å²) in [5.41, 5.74) is -0.998. The Morgan fingerprint density at radius 2 is 1.62 bits per heavy atom. The molecule has 4 nitrogen and oxygen atoms in total. The van der Waals surface area contributed by atoms with Crippen LogP contribution in [0.5, 0.6) is 11.5 Å². The van der Waals surface area contributed by atoms with Crippen molar-refractivity contribution in [3.8, 4) is 22.6 Å². The fraction of sp³-hybridized carbons (Fsp3) is 0.211. The van der Waals surface area contributed by atoms with Gasteiger partial charge in [-0.3, -0.25) is 4.79 Å². The van der Waals surface area contributed by atoms with E-state index in [4.69, 9.17) is 13.9 Å². The van der Waals surface area contributed by atoms with Gasteiger partial charge in [0.2, 0.25) is 11.2 Å². The van der Waals surface area contributed by atoms with Gasteiger partial charge in [-0.1, -0.05) is 12.1 Å². The number of ether oxygens (including phenoxy) is 2. The SMILES string of the molecule is COc1ccc(-c2c(C(F)(F)F)oc3c(C)c(OC)ccc3c2=O)cc1. The van der Waals surface area contributed by atoms with E-state index in [1.807, 2.05) is 0 Å². The van der Waals surface area contributed by atoms with Crippen LogP contribution in [0.15, 0.2) is 45.6 Å². The molecule has 0 amide bonds. The normalized spacial score (nSPS) is 11.6. The second kappa shape index (κ2) is 6.40. The number of methoxy groups -OCH3 is 2. The van der Waals surface area contributed by atoms with Crippen LogP contribution in [0.25, 0.3) is 22.1 Å². The highest BCUT2D eigenvalue weighted by atomic mass is 19.4. The first-order chi connectivity index (χ1) is 12.3. The molecule has 0 saturated heterocycles. The molecular weight excluding hydrogens is 349 g/mol. The molecule has 0 saturated carbocycles. The number of hydrogen-bond donors (Lipinski definition) is 0. The Hall–Kier alpha value is -2.96. The molecule has 3 aromatic rings. The van der Waals surface area contributed by atoms with E-state index >= 15 is 0 Å². The lowest BCUT2D eigenvalue weighted by Gasteiger charge is -2.15. The van der Waals surface area contributed by atoms with E-state index in [2.05, 4.69) is 0 Å². The van der Waals surface area contributed by atoms with Crippen LogP contribution in [0.3, 0.4) is 0 Å². The van der Waals surface area contributed by atoms with Crippen LogP contribution in [0.2, 0.25) is 0 Å². The van der Waals surface area contributed by atoms with Gasteiger partial charge < -0.3 is 13.9 Å². The molecule has 0 N–H and O–H groups in total. The third-order valence-corrected chi connectivity index (χ3v) is 4.12. The number of fused-ring (bicyclic) bond motifs is 1. The van der Waals surface area contributed by atoms with Crippen molar-refractivity contribution in [2.45, 2.75) is 13.1 Å². The molecule has 7 heteroatoms. The fourth-order valence-corrected chi connectivity index (χ4v) is 2.82. The first-order valence-corrected chi connectivity index (χ1v) is 7.64. The predicted octanol–water partition coefficient (Wildman–Crippen LogP) is 4.80. The molecule has 26 heavy (non-hydrogen) atoms. The minimum Gasteiger partial charge on any atom is -0.497 e. The van der Waals surface area contributed by atoms with E-state index in [1.165, 1.54) is 57.5 Å². The summed E-state index contributed by atoms with van der Waals surface area (Å²) in [6.45, 7) is 1.54. The van der Waals surface area contributed by atoms with Crippen LogP contribution < -0.4 is 14.9 Å². The lowest BCUT2D eigenvalue weighted by Crippen LogP contribution is -2.16. The van der Waals surface area contributed by atoms with E-state index in [-0.39, 0.29) is 16.5 Å². The van der Waals surface area contributed by atoms with Crippen LogP contribution in [0.4, 0.5) is 13.2 Å². The average Bonchev–Trinajstić information content (AvgIpc) is 2.61. The molecule has 0 aliphatic heterocycles. The van der Waals surface area contributed by atoms with Gasteiger partial charge in [-0.05, 0) is 36.8 Å². The zero-order valence-corrected chi connectivity index (χ0v) is 14.2. The molecule has 1 aromatic heterocycles.